The second-order valence-corrected chi connectivity index (χ2v) is 5.32. The Morgan fingerprint density at radius 2 is 2.11 bits per heavy atom. The van der Waals surface area contributed by atoms with Gasteiger partial charge >= 0.3 is 0 Å². The monoisotopic (exact) mass is 266 g/mol. The Bertz CT molecular complexity index is 385. The number of nitrogens with one attached hydrogen (secondary N) is 1. The van der Waals surface area contributed by atoms with Gasteiger partial charge in [-0.2, -0.15) is 5.10 Å². The summed E-state index contributed by atoms with van der Waals surface area (Å²) in [5, 5.41) is 7.53. The van der Waals surface area contributed by atoms with Crippen molar-refractivity contribution in [3.63, 3.8) is 0 Å². The number of likely N-dealkylation sites (N-methyl/N-ethyl adjacent to an activating group) is 1. The van der Waals surface area contributed by atoms with Gasteiger partial charge in [0.15, 0.2) is 0 Å². The van der Waals surface area contributed by atoms with Crippen LogP contribution in [-0.4, -0.2) is 66.4 Å². The summed E-state index contributed by atoms with van der Waals surface area (Å²) in [6, 6.07) is 0. The third kappa shape index (κ3) is 4.03. The minimum atomic E-state index is 0.878. The van der Waals surface area contributed by atoms with Crippen LogP contribution in [0, 0.1) is 6.92 Å². The number of hydrogen-bond acceptors (Lipinski definition) is 4. The molecule has 0 spiro atoms. The summed E-state index contributed by atoms with van der Waals surface area (Å²) >= 11 is 0. The number of H-pyrrole nitrogens is 1. The van der Waals surface area contributed by atoms with Gasteiger partial charge in [-0.3, -0.25) is 14.9 Å². The Labute approximate surface area is 115 Å². The van der Waals surface area contributed by atoms with Gasteiger partial charge in [-0.25, -0.2) is 0 Å². The van der Waals surface area contributed by atoms with Crippen molar-refractivity contribution in [3.05, 3.63) is 17.0 Å². The van der Waals surface area contributed by atoms with Gasteiger partial charge < -0.3 is 4.74 Å². The molecule has 2 heterocycles. The van der Waals surface area contributed by atoms with Gasteiger partial charge in [0.2, 0.25) is 0 Å². The maximum absolute atomic E-state index is 5.36. The van der Waals surface area contributed by atoms with E-state index in [1.165, 1.54) is 17.0 Å². The van der Waals surface area contributed by atoms with Crippen molar-refractivity contribution >= 4 is 0 Å². The first kappa shape index (κ1) is 14.5. The third-order valence-corrected chi connectivity index (χ3v) is 3.88. The van der Waals surface area contributed by atoms with E-state index in [9.17, 15) is 0 Å². The van der Waals surface area contributed by atoms with E-state index in [0.717, 1.165) is 52.4 Å². The number of ether oxygens (including phenoxy) is 1. The van der Waals surface area contributed by atoms with Crippen LogP contribution in [0.4, 0.5) is 0 Å². The predicted octanol–water partition coefficient (Wildman–Crippen LogP) is 1.04. The number of aryl methyl sites for hydroxylation is 1. The fourth-order valence-electron chi connectivity index (χ4n) is 2.46. The molecular weight excluding hydrogens is 240 g/mol. The lowest BCUT2D eigenvalue weighted by Crippen LogP contribution is -2.40. The number of rotatable bonds is 6. The molecule has 0 amide bonds. The van der Waals surface area contributed by atoms with Gasteiger partial charge in [-0.15, -0.1) is 0 Å². The molecule has 108 valence electrons. The lowest BCUT2D eigenvalue weighted by Gasteiger charge is -2.28. The zero-order chi connectivity index (χ0) is 13.7. The topological polar surface area (TPSA) is 44.4 Å². The maximum atomic E-state index is 5.36. The molecule has 0 aromatic carbocycles. The van der Waals surface area contributed by atoms with Crippen LogP contribution in [0.15, 0.2) is 0 Å². The Balaban J connectivity index is 1.76. The van der Waals surface area contributed by atoms with E-state index in [0.29, 0.717) is 0 Å². The summed E-state index contributed by atoms with van der Waals surface area (Å²) in [5.74, 6) is 0. The van der Waals surface area contributed by atoms with Crippen LogP contribution in [-0.2, 0) is 17.7 Å². The van der Waals surface area contributed by atoms with Crippen molar-refractivity contribution < 1.29 is 4.74 Å². The molecule has 1 N–H and O–H groups in total. The molecule has 19 heavy (non-hydrogen) atoms. The predicted molar refractivity (Wildman–Crippen MR) is 76.3 cm³/mol. The van der Waals surface area contributed by atoms with E-state index in [2.05, 4.69) is 40.9 Å². The molecular formula is C14H26N4O. The van der Waals surface area contributed by atoms with Crippen molar-refractivity contribution in [1.82, 2.24) is 20.0 Å². The van der Waals surface area contributed by atoms with Crippen LogP contribution in [0.3, 0.4) is 0 Å². The lowest BCUT2D eigenvalue weighted by molar-refractivity contribution is 0.0341. The fraction of sp³-hybridized carbons (Fsp3) is 0.786. The molecule has 2 rings (SSSR count). The number of morpholine rings is 1. The number of aromatic nitrogens is 2. The van der Waals surface area contributed by atoms with E-state index in [1.54, 1.807) is 0 Å². The second kappa shape index (κ2) is 7.03. The van der Waals surface area contributed by atoms with Crippen molar-refractivity contribution in [2.45, 2.75) is 26.8 Å². The smallest absolute Gasteiger partial charge is 0.0651 e. The molecule has 1 saturated heterocycles. The molecule has 1 aliphatic rings. The molecule has 0 radical (unpaired) electrons. The highest BCUT2D eigenvalue weighted by atomic mass is 16.5. The second-order valence-electron chi connectivity index (χ2n) is 5.32. The standard InChI is InChI=1S/C14H26N4O/c1-4-13-12(2)14(16-15-13)11-17(3)5-6-18-7-9-19-10-8-18/h4-11H2,1-3H3,(H,15,16). The lowest BCUT2D eigenvalue weighted by atomic mass is 10.1. The highest BCUT2D eigenvalue weighted by Crippen LogP contribution is 2.12. The maximum Gasteiger partial charge on any atom is 0.0651 e. The fourth-order valence-corrected chi connectivity index (χ4v) is 2.46. The van der Waals surface area contributed by atoms with Crippen molar-refractivity contribution in [2.24, 2.45) is 0 Å². The van der Waals surface area contributed by atoms with E-state index < -0.39 is 0 Å². The summed E-state index contributed by atoms with van der Waals surface area (Å²) in [6.45, 7) is 11.3. The van der Waals surface area contributed by atoms with Crippen LogP contribution in [0.25, 0.3) is 0 Å². The van der Waals surface area contributed by atoms with Crippen molar-refractivity contribution in [2.75, 3.05) is 46.4 Å². The molecule has 1 aromatic rings. The summed E-state index contributed by atoms with van der Waals surface area (Å²) in [7, 11) is 2.17. The third-order valence-electron chi connectivity index (χ3n) is 3.88. The molecule has 0 atom stereocenters. The van der Waals surface area contributed by atoms with E-state index >= 15 is 0 Å². The van der Waals surface area contributed by atoms with E-state index in [1.807, 2.05) is 0 Å². The minimum Gasteiger partial charge on any atom is -0.379 e. The minimum absolute atomic E-state index is 0.878. The molecule has 0 unspecified atom stereocenters. The highest BCUT2D eigenvalue weighted by Gasteiger charge is 2.13. The molecule has 0 bridgehead atoms. The van der Waals surface area contributed by atoms with Gasteiger partial charge in [0.05, 0.1) is 24.6 Å². The van der Waals surface area contributed by atoms with E-state index in [-0.39, 0.29) is 0 Å². The Morgan fingerprint density at radius 1 is 1.37 bits per heavy atom. The first-order chi connectivity index (χ1) is 9.20. The van der Waals surface area contributed by atoms with Gasteiger partial charge in [0, 0.05) is 32.7 Å². The van der Waals surface area contributed by atoms with Crippen LogP contribution in [0.5, 0.6) is 0 Å². The zero-order valence-electron chi connectivity index (χ0n) is 12.4. The first-order valence-corrected chi connectivity index (χ1v) is 7.22. The molecule has 5 nitrogen and oxygen atoms in total. The average Bonchev–Trinajstić information content (AvgIpc) is 2.78. The molecule has 0 aliphatic carbocycles. The van der Waals surface area contributed by atoms with Crippen molar-refractivity contribution in [1.29, 1.82) is 0 Å². The first-order valence-electron chi connectivity index (χ1n) is 7.22. The quantitative estimate of drug-likeness (QED) is 0.836. The van der Waals surface area contributed by atoms with Gasteiger partial charge in [0.25, 0.3) is 0 Å². The van der Waals surface area contributed by atoms with Crippen LogP contribution >= 0.6 is 0 Å². The van der Waals surface area contributed by atoms with Crippen LogP contribution in [0.2, 0.25) is 0 Å². The van der Waals surface area contributed by atoms with Crippen LogP contribution < -0.4 is 0 Å². The zero-order valence-corrected chi connectivity index (χ0v) is 12.4. The van der Waals surface area contributed by atoms with E-state index in [4.69, 9.17) is 4.74 Å². The molecule has 1 fully saturated rings. The van der Waals surface area contributed by atoms with Gasteiger partial charge in [0.1, 0.15) is 0 Å². The van der Waals surface area contributed by atoms with Crippen molar-refractivity contribution in [3.8, 4) is 0 Å². The molecule has 1 aromatic heterocycles. The van der Waals surface area contributed by atoms with Crippen LogP contribution in [0.1, 0.15) is 23.9 Å². The Hall–Kier alpha value is -0.910. The summed E-state index contributed by atoms with van der Waals surface area (Å²) in [6.07, 6.45) is 1.000. The normalized spacial score (nSPS) is 17.3. The van der Waals surface area contributed by atoms with Gasteiger partial charge in [-0.1, -0.05) is 6.92 Å². The molecule has 5 heteroatoms. The summed E-state index contributed by atoms with van der Waals surface area (Å²) < 4.78 is 5.36. The van der Waals surface area contributed by atoms with Gasteiger partial charge in [-0.05, 0) is 26.0 Å². The number of nitrogens with zero attached hydrogens (tertiary/aromatic N) is 3. The Morgan fingerprint density at radius 3 is 2.74 bits per heavy atom. The Kier molecular flexibility index (Phi) is 5.36. The SMILES string of the molecule is CCc1n[nH]c(CN(C)CCN2CCOCC2)c1C. The largest absolute Gasteiger partial charge is 0.379 e. The number of hydrogen-bond donors (Lipinski definition) is 1. The number of aromatic amines is 1. The average molecular weight is 266 g/mol. The summed E-state index contributed by atoms with van der Waals surface area (Å²) in [4.78, 5) is 4.83. The molecule has 1 aliphatic heterocycles. The highest BCUT2D eigenvalue weighted by molar-refractivity contribution is 5.23. The summed E-state index contributed by atoms with van der Waals surface area (Å²) in [5.41, 5.74) is 3.76. The molecule has 0 saturated carbocycles.